The van der Waals surface area contributed by atoms with Crippen LogP contribution in [0.25, 0.3) is 0 Å². The van der Waals surface area contributed by atoms with Crippen molar-refractivity contribution in [3.63, 3.8) is 0 Å². The fourth-order valence-electron chi connectivity index (χ4n) is 2.29. The molecule has 0 radical (unpaired) electrons. The van der Waals surface area contributed by atoms with E-state index in [1.54, 1.807) is 11.3 Å². The van der Waals surface area contributed by atoms with E-state index in [9.17, 15) is 4.79 Å². The Balaban J connectivity index is 2.40. The molecule has 3 nitrogen and oxygen atoms in total. The smallest absolute Gasteiger partial charge is 0.225 e. The Morgan fingerprint density at radius 3 is 2.60 bits per heavy atom. The second-order valence-corrected chi connectivity index (χ2v) is 6.92. The van der Waals surface area contributed by atoms with Gasteiger partial charge in [-0.1, -0.05) is 19.4 Å². The predicted molar refractivity (Wildman–Crippen MR) is 86.9 cm³/mol. The van der Waals surface area contributed by atoms with Crippen LogP contribution in [-0.2, 0) is 11.2 Å². The molecule has 1 rings (SSSR count). The van der Waals surface area contributed by atoms with E-state index >= 15 is 0 Å². The van der Waals surface area contributed by atoms with Crippen molar-refractivity contribution in [1.29, 1.82) is 0 Å². The van der Waals surface area contributed by atoms with E-state index in [-0.39, 0.29) is 23.9 Å². The molecule has 3 atom stereocenters. The molecule has 1 aromatic rings. The maximum Gasteiger partial charge on any atom is 0.225 e. The number of carbonyl (C=O) groups is 1. The largest absolute Gasteiger partial charge is 0.342 e. The van der Waals surface area contributed by atoms with Crippen molar-refractivity contribution in [2.24, 2.45) is 11.7 Å². The van der Waals surface area contributed by atoms with Gasteiger partial charge >= 0.3 is 0 Å². The first-order chi connectivity index (χ1) is 9.41. The highest BCUT2D eigenvalue weighted by Gasteiger charge is 2.21. The summed E-state index contributed by atoms with van der Waals surface area (Å²) in [5.74, 6) is 0.336. The Labute approximate surface area is 127 Å². The van der Waals surface area contributed by atoms with E-state index in [1.165, 1.54) is 4.88 Å². The number of carbonyl (C=O) groups excluding carboxylic acids is 1. The fraction of sp³-hybridized carbons (Fsp3) is 0.688. The lowest BCUT2D eigenvalue weighted by Crippen LogP contribution is -2.39. The van der Waals surface area contributed by atoms with Crippen LogP contribution >= 0.6 is 11.3 Å². The average Bonchev–Trinajstić information content (AvgIpc) is 2.89. The third kappa shape index (κ3) is 5.63. The van der Waals surface area contributed by atoms with Gasteiger partial charge in [-0.2, -0.15) is 0 Å². The molecule has 0 saturated heterocycles. The molecule has 114 valence electrons. The van der Waals surface area contributed by atoms with E-state index in [0.29, 0.717) is 0 Å². The van der Waals surface area contributed by atoms with Gasteiger partial charge in [0, 0.05) is 36.3 Å². The van der Waals surface area contributed by atoms with Gasteiger partial charge in [0.2, 0.25) is 5.91 Å². The van der Waals surface area contributed by atoms with Crippen molar-refractivity contribution < 1.29 is 4.79 Å². The molecule has 1 heterocycles. The van der Waals surface area contributed by atoms with E-state index in [1.807, 2.05) is 25.8 Å². The highest BCUT2D eigenvalue weighted by molar-refractivity contribution is 7.09. The van der Waals surface area contributed by atoms with E-state index in [0.717, 1.165) is 25.7 Å². The molecule has 2 N–H and O–H groups in total. The molecule has 0 aromatic carbocycles. The second kappa shape index (κ2) is 8.42. The molecule has 3 unspecified atom stereocenters. The normalized spacial score (nSPS) is 15.7. The van der Waals surface area contributed by atoms with Crippen LogP contribution in [0.5, 0.6) is 0 Å². The molecule has 0 spiro atoms. The van der Waals surface area contributed by atoms with Crippen molar-refractivity contribution in [2.75, 3.05) is 7.05 Å². The summed E-state index contributed by atoms with van der Waals surface area (Å²) in [5.41, 5.74) is 5.74. The first-order valence-electron chi connectivity index (χ1n) is 7.46. The summed E-state index contributed by atoms with van der Waals surface area (Å²) < 4.78 is 0. The van der Waals surface area contributed by atoms with Gasteiger partial charge in [0.1, 0.15) is 0 Å². The number of thiophene rings is 1. The lowest BCUT2D eigenvalue weighted by molar-refractivity contribution is -0.135. The van der Waals surface area contributed by atoms with Gasteiger partial charge < -0.3 is 10.6 Å². The molecule has 1 aromatic heterocycles. The van der Waals surface area contributed by atoms with Crippen LogP contribution < -0.4 is 5.73 Å². The summed E-state index contributed by atoms with van der Waals surface area (Å²) >= 11 is 1.75. The number of nitrogens with two attached hydrogens (primary N) is 1. The van der Waals surface area contributed by atoms with Gasteiger partial charge in [-0.05, 0) is 38.1 Å². The Morgan fingerprint density at radius 1 is 1.35 bits per heavy atom. The summed E-state index contributed by atoms with van der Waals surface area (Å²) in [7, 11) is 1.92. The monoisotopic (exact) mass is 296 g/mol. The summed E-state index contributed by atoms with van der Waals surface area (Å²) in [6, 6.07) is 4.67. The van der Waals surface area contributed by atoms with Crippen LogP contribution in [0.2, 0.25) is 0 Å². The van der Waals surface area contributed by atoms with E-state index in [2.05, 4.69) is 24.4 Å². The lowest BCUT2D eigenvalue weighted by atomic mass is 10.00. The van der Waals surface area contributed by atoms with Gasteiger partial charge in [-0.25, -0.2) is 0 Å². The van der Waals surface area contributed by atoms with Crippen LogP contribution in [-0.4, -0.2) is 29.9 Å². The molecule has 0 aliphatic heterocycles. The van der Waals surface area contributed by atoms with Crippen LogP contribution in [0, 0.1) is 5.92 Å². The van der Waals surface area contributed by atoms with Crippen molar-refractivity contribution in [3.8, 4) is 0 Å². The van der Waals surface area contributed by atoms with Crippen molar-refractivity contribution in [1.82, 2.24) is 4.90 Å². The van der Waals surface area contributed by atoms with Gasteiger partial charge in [0.05, 0.1) is 0 Å². The van der Waals surface area contributed by atoms with Crippen molar-refractivity contribution in [3.05, 3.63) is 22.4 Å². The summed E-state index contributed by atoms with van der Waals surface area (Å²) in [4.78, 5) is 15.6. The standard InChI is InChI=1S/C16H28N2OS/c1-12(7-5-8-13(2)17)16(19)18(4)14(3)11-15-9-6-10-20-15/h6,9-10,12-14H,5,7-8,11,17H2,1-4H3. The number of nitrogens with zero attached hydrogens (tertiary/aromatic N) is 1. The number of amides is 1. The molecule has 0 fully saturated rings. The Bertz CT molecular complexity index is 389. The minimum atomic E-state index is 0.0875. The highest BCUT2D eigenvalue weighted by atomic mass is 32.1. The third-order valence-electron chi connectivity index (χ3n) is 3.80. The van der Waals surface area contributed by atoms with Crippen LogP contribution in [0.15, 0.2) is 17.5 Å². The Morgan fingerprint density at radius 2 is 2.05 bits per heavy atom. The second-order valence-electron chi connectivity index (χ2n) is 5.89. The SMILES string of the molecule is CC(N)CCCC(C)C(=O)N(C)C(C)Cc1cccs1. The zero-order chi connectivity index (χ0) is 15.1. The zero-order valence-corrected chi connectivity index (χ0v) is 14.0. The highest BCUT2D eigenvalue weighted by Crippen LogP contribution is 2.17. The minimum Gasteiger partial charge on any atom is -0.342 e. The summed E-state index contributed by atoms with van der Waals surface area (Å²) in [6.07, 6.45) is 3.88. The minimum absolute atomic E-state index is 0.0875. The van der Waals surface area contributed by atoms with Crippen LogP contribution in [0.3, 0.4) is 0 Å². The maximum absolute atomic E-state index is 12.4. The van der Waals surface area contributed by atoms with E-state index < -0.39 is 0 Å². The zero-order valence-electron chi connectivity index (χ0n) is 13.1. The molecule has 0 bridgehead atoms. The van der Waals surface area contributed by atoms with Gasteiger partial charge in [0.15, 0.2) is 0 Å². The summed E-state index contributed by atoms with van der Waals surface area (Å²) in [5, 5.41) is 2.08. The third-order valence-corrected chi connectivity index (χ3v) is 4.70. The van der Waals surface area contributed by atoms with Crippen molar-refractivity contribution in [2.45, 2.75) is 58.5 Å². The van der Waals surface area contributed by atoms with Crippen LogP contribution in [0.4, 0.5) is 0 Å². The number of likely N-dealkylation sites (N-methyl/N-ethyl adjacent to an activating group) is 1. The molecule has 20 heavy (non-hydrogen) atoms. The topological polar surface area (TPSA) is 46.3 Å². The first kappa shape index (κ1) is 17.2. The van der Waals surface area contributed by atoms with Gasteiger partial charge in [0.25, 0.3) is 0 Å². The number of hydrogen-bond donors (Lipinski definition) is 1. The number of rotatable bonds is 8. The molecule has 0 saturated carbocycles. The van der Waals surface area contributed by atoms with E-state index in [4.69, 9.17) is 5.73 Å². The molecule has 0 aliphatic rings. The summed E-state index contributed by atoms with van der Waals surface area (Å²) in [6.45, 7) is 6.16. The average molecular weight is 296 g/mol. The molecule has 4 heteroatoms. The molecule has 0 aliphatic carbocycles. The predicted octanol–water partition coefficient (Wildman–Crippen LogP) is 3.29. The van der Waals surface area contributed by atoms with Gasteiger partial charge in [-0.15, -0.1) is 11.3 Å². The van der Waals surface area contributed by atoms with Crippen LogP contribution in [0.1, 0.15) is 44.9 Å². The van der Waals surface area contributed by atoms with Crippen molar-refractivity contribution >= 4 is 17.2 Å². The fourth-order valence-corrected chi connectivity index (χ4v) is 3.12. The number of hydrogen-bond acceptors (Lipinski definition) is 3. The molecule has 1 amide bonds. The Kier molecular flexibility index (Phi) is 7.24. The Hall–Kier alpha value is -0.870. The lowest BCUT2D eigenvalue weighted by Gasteiger charge is -2.27. The quantitative estimate of drug-likeness (QED) is 0.800. The maximum atomic E-state index is 12.4. The first-order valence-corrected chi connectivity index (χ1v) is 8.34. The van der Waals surface area contributed by atoms with Gasteiger partial charge in [-0.3, -0.25) is 4.79 Å². The molecular weight excluding hydrogens is 268 g/mol. The molecular formula is C16H28N2OS.